The normalized spacial score (nSPS) is 17.5. The molecule has 2 N–H and O–H groups in total. The number of nitrogens with one attached hydrogen (secondary N) is 2. The molecule has 1 unspecified atom stereocenters. The predicted molar refractivity (Wildman–Crippen MR) is 127 cm³/mol. The Morgan fingerprint density at radius 2 is 2.00 bits per heavy atom. The monoisotopic (exact) mass is 435 g/mol. The molecular weight excluding hydrogens is 402 g/mol. The Hall–Kier alpha value is -2.93. The molecule has 0 spiro atoms. The van der Waals surface area contributed by atoms with Crippen LogP contribution < -0.4 is 10.9 Å². The van der Waals surface area contributed by atoms with E-state index >= 15 is 0 Å². The third-order valence-corrected chi connectivity index (χ3v) is 6.30. The van der Waals surface area contributed by atoms with Gasteiger partial charge < -0.3 is 10.3 Å². The van der Waals surface area contributed by atoms with Gasteiger partial charge in [-0.15, -0.1) is 0 Å². The Morgan fingerprint density at radius 1 is 1.16 bits per heavy atom. The van der Waals surface area contributed by atoms with E-state index in [0.717, 1.165) is 48.9 Å². The van der Waals surface area contributed by atoms with Crippen molar-refractivity contribution in [3.63, 3.8) is 0 Å². The summed E-state index contributed by atoms with van der Waals surface area (Å²) in [6, 6.07) is 11.4. The number of fused-ring (bicyclic) bond motifs is 1. The fourth-order valence-electron chi connectivity index (χ4n) is 4.32. The molecule has 1 saturated heterocycles. The molecule has 7 nitrogen and oxygen atoms in total. The molecule has 1 atom stereocenters. The summed E-state index contributed by atoms with van der Waals surface area (Å²) in [6.07, 6.45) is 5.22. The number of aromatic amines is 1. The SMILES string of the molecule is CC(C)(C)c1ccc(=O)n(CCN2CCCCC2CNC(=O)c2ccc3[nH]ccc3c2)n1. The van der Waals surface area contributed by atoms with E-state index in [1.807, 2.05) is 36.5 Å². The van der Waals surface area contributed by atoms with E-state index in [9.17, 15) is 9.59 Å². The average molecular weight is 436 g/mol. The molecule has 32 heavy (non-hydrogen) atoms. The number of hydrogen-bond acceptors (Lipinski definition) is 4. The van der Waals surface area contributed by atoms with Crippen molar-refractivity contribution in [1.82, 2.24) is 25.0 Å². The molecule has 3 heterocycles. The van der Waals surface area contributed by atoms with E-state index < -0.39 is 0 Å². The van der Waals surface area contributed by atoms with Crippen LogP contribution in [0, 0.1) is 0 Å². The number of amides is 1. The maximum absolute atomic E-state index is 12.7. The highest BCUT2D eigenvalue weighted by molar-refractivity contribution is 5.98. The van der Waals surface area contributed by atoms with Gasteiger partial charge in [-0.05, 0) is 49.7 Å². The number of nitrogens with zero attached hydrogens (tertiary/aromatic N) is 3. The summed E-state index contributed by atoms with van der Waals surface area (Å²) in [6.45, 7) is 9.18. The van der Waals surface area contributed by atoms with Crippen LogP contribution in [0.5, 0.6) is 0 Å². The highest BCUT2D eigenvalue weighted by Crippen LogP contribution is 2.19. The maximum atomic E-state index is 12.7. The van der Waals surface area contributed by atoms with E-state index in [1.54, 1.807) is 10.7 Å². The molecule has 3 aromatic rings. The molecule has 1 aliphatic heterocycles. The van der Waals surface area contributed by atoms with Crippen molar-refractivity contribution in [2.24, 2.45) is 0 Å². The van der Waals surface area contributed by atoms with E-state index in [4.69, 9.17) is 0 Å². The van der Waals surface area contributed by atoms with Gasteiger partial charge in [-0.1, -0.05) is 27.2 Å². The van der Waals surface area contributed by atoms with Crippen LogP contribution in [0.4, 0.5) is 0 Å². The molecule has 4 rings (SSSR count). The standard InChI is InChI=1S/C25H33N5O2/c1-25(2,3)22-9-10-23(31)30(28-22)15-14-29-13-5-4-6-20(29)17-27-24(32)19-7-8-21-18(16-19)11-12-26-21/h7-12,16,20,26H,4-6,13-15,17H2,1-3H3,(H,27,32). The van der Waals surface area contributed by atoms with Crippen LogP contribution in [0.15, 0.2) is 47.4 Å². The van der Waals surface area contributed by atoms with Crippen molar-refractivity contribution >= 4 is 16.8 Å². The molecule has 0 radical (unpaired) electrons. The zero-order chi connectivity index (χ0) is 22.7. The first-order chi connectivity index (χ1) is 15.3. The minimum absolute atomic E-state index is 0.0469. The van der Waals surface area contributed by atoms with Crippen LogP contribution in [0.3, 0.4) is 0 Å². The summed E-state index contributed by atoms with van der Waals surface area (Å²) < 4.78 is 1.58. The number of likely N-dealkylation sites (tertiary alicyclic amines) is 1. The van der Waals surface area contributed by atoms with Crippen LogP contribution in [-0.2, 0) is 12.0 Å². The zero-order valence-electron chi connectivity index (χ0n) is 19.2. The number of carbonyl (C=O) groups excluding carboxylic acids is 1. The fraction of sp³-hybridized carbons (Fsp3) is 0.480. The first-order valence-corrected chi connectivity index (χ1v) is 11.5. The Kier molecular flexibility index (Phi) is 6.46. The van der Waals surface area contributed by atoms with Crippen molar-refractivity contribution < 1.29 is 4.79 Å². The van der Waals surface area contributed by atoms with Crippen LogP contribution in [0.25, 0.3) is 10.9 Å². The van der Waals surface area contributed by atoms with Crippen LogP contribution >= 0.6 is 0 Å². The van der Waals surface area contributed by atoms with Gasteiger partial charge in [-0.25, -0.2) is 4.68 Å². The molecule has 0 saturated carbocycles. The van der Waals surface area contributed by atoms with Crippen molar-refractivity contribution in [2.75, 3.05) is 19.6 Å². The minimum Gasteiger partial charge on any atom is -0.361 e. The van der Waals surface area contributed by atoms with E-state index in [-0.39, 0.29) is 22.9 Å². The van der Waals surface area contributed by atoms with Gasteiger partial charge in [0.2, 0.25) is 0 Å². The summed E-state index contributed by atoms with van der Waals surface area (Å²) in [7, 11) is 0. The quantitative estimate of drug-likeness (QED) is 0.622. The molecule has 1 amide bonds. The molecule has 170 valence electrons. The van der Waals surface area contributed by atoms with E-state index in [2.05, 4.69) is 41.1 Å². The number of hydrogen-bond donors (Lipinski definition) is 2. The molecule has 7 heteroatoms. The van der Waals surface area contributed by atoms with Crippen molar-refractivity contribution in [2.45, 2.75) is 58.0 Å². The molecule has 1 aromatic carbocycles. The highest BCUT2D eigenvalue weighted by atomic mass is 16.1. The fourth-order valence-corrected chi connectivity index (χ4v) is 4.32. The number of H-pyrrole nitrogens is 1. The summed E-state index contributed by atoms with van der Waals surface area (Å²) in [5, 5.41) is 8.75. The number of benzene rings is 1. The third-order valence-electron chi connectivity index (χ3n) is 6.30. The van der Waals surface area contributed by atoms with Gasteiger partial charge >= 0.3 is 0 Å². The Bertz CT molecular complexity index is 1140. The van der Waals surface area contributed by atoms with Crippen molar-refractivity contribution in [3.8, 4) is 0 Å². The molecular formula is C25H33N5O2. The minimum atomic E-state index is -0.100. The summed E-state index contributed by atoms with van der Waals surface area (Å²) in [4.78, 5) is 30.6. The first kappa shape index (κ1) is 22.3. The summed E-state index contributed by atoms with van der Waals surface area (Å²) in [5.74, 6) is -0.0469. The summed E-state index contributed by atoms with van der Waals surface area (Å²) in [5.41, 5.74) is 2.45. The zero-order valence-corrected chi connectivity index (χ0v) is 19.2. The lowest BCUT2D eigenvalue weighted by molar-refractivity contribution is 0.0909. The van der Waals surface area contributed by atoms with Gasteiger partial charge in [0.15, 0.2) is 0 Å². The Morgan fingerprint density at radius 3 is 2.81 bits per heavy atom. The smallest absolute Gasteiger partial charge is 0.266 e. The lowest BCUT2D eigenvalue weighted by Gasteiger charge is -2.35. The van der Waals surface area contributed by atoms with Crippen molar-refractivity contribution in [1.29, 1.82) is 0 Å². The van der Waals surface area contributed by atoms with Gasteiger partial charge in [0, 0.05) is 53.3 Å². The van der Waals surface area contributed by atoms with Gasteiger partial charge in [0.25, 0.3) is 11.5 Å². The van der Waals surface area contributed by atoms with Gasteiger partial charge in [0.05, 0.1) is 12.2 Å². The molecule has 1 fully saturated rings. The number of carbonyl (C=O) groups is 1. The molecule has 0 aliphatic carbocycles. The Labute approximate surface area is 188 Å². The van der Waals surface area contributed by atoms with Gasteiger partial charge in [0.1, 0.15) is 0 Å². The van der Waals surface area contributed by atoms with Gasteiger partial charge in [-0.3, -0.25) is 14.5 Å². The topological polar surface area (TPSA) is 83.0 Å². The van der Waals surface area contributed by atoms with Crippen LogP contribution in [0.2, 0.25) is 0 Å². The third kappa shape index (κ3) is 5.10. The van der Waals surface area contributed by atoms with Gasteiger partial charge in [-0.2, -0.15) is 5.10 Å². The van der Waals surface area contributed by atoms with E-state index in [0.29, 0.717) is 18.7 Å². The van der Waals surface area contributed by atoms with E-state index in [1.165, 1.54) is 0 Å². The first-order valence-electron chi connectivity index (χ1n) is 11.5. The number of piperidine rings is 1. The molecule has 1 aliphatic rings. The highest BCUT2D eigenvalue weighted by Gasteiger charge is 2.23. The van der Waals surface area contributed by atoms with Crippen LogP contribution in [-0.4, -0.2) is 51.2 Å². The predicted octanol–water partition coefficient (Wildman–Crippen LogP) is 3.31. The molecule has 0 bridgehead atoms. The average Bonchev–Trinajstić information content (AvgIpc) is 3.24. The van der Waals surface area contributed by atoms with Crippen molar-refractivity contribution in [3.05, 3.63) is 64.2 Å². The Balaban J connectivity index is 1.38. The summed E-state index contributed by atoms with van der Waals surface area (Å²) >= 11 is 0. The number of rotatable bonds is 6. The second kappa shape index (κ2) is 9.28. The molecule has 2 aromatic heterocycles. The largest absolute Gasteiger partial charge is 0.361 e. The van der Waals surface area contributed by atoms with Crippen LogP contribution in [0.1, 0.15) is 56.1 Å². The second-order valence-corrected chi connectivity index (χ2v) is 9.71. The lowest BCUT2D eigenvalue weighted by atomic mass is 9.92. The second-order valence-electron chi connectivity index (χ2n) is 9.71. The lowest BCUT2D eigenvalue weighted by Crippen LogP contribution is -2.48. The number of aromatic nitrogens is 3. The maximum Gasteiger partial charge on any atom is 0.266 e.